The third-order valence-electron chi connectivity index (χ3n) is 8.01. The molecule has 0 bridgehead atoms. The lowest BCUT2D eigenvalue weighted by atomic mass is 9.96. The molecule has 1 heterocycles. The molecule has 4 N–H and O–H groups in total. The molecule has 1 fully saturated rings. The van der Waals surface area contributed by atoms with Crippen LogP contribution in [0.4, 0.5) is 0 Å². The van der Waals surface area contributed by atoms with E-state index < -0.39 is 34.7 Å². The number of amides is 3. The zero-order valence-corrected chi connectivity index (χ0v) is 26.6. The van der Waals surface area contributed by atoms with Crippen molar-refractivity contribution in [2.24, 2.45) is 0 Å². The fourth-order valence-corrected chi connectivity index (χ4v) is 6.78. The second kappa shape index (κ2) is 13.4. The van der Waals surface area contributed by atoms with E-state index in [0.717, 1.165) is 16.7 Å². The Hall–Kier alpha value is -3.53. The number of carbonyl (C=O) groups excluding carboxylic acids is 3. The summed E-state index contributed by atoms with van der Waals surface area (Å²) in [4.78, 5) is 42.3. The maximum Gasteiger partial charge on any atom is 0.254 e. The number of aromatic hydroxyl groups is 1. The van der Waals surface area contributed by atoms with Gasteiger partial charge < -0.3 is 25.7 Å². The topological polar surface area (TPSA) is 119 Å². The minimum Gasteiger partial charge on any atom is -0.508 e. The van der Waals surface area contributed by atoms with E-state index in [1.54, 1.807) is 43.3 Å². The van der Waals surface area contributed by atoms with E-state index in [2.05, 4.69) is 10.6 Å². The third kappa shape index (κ3) is 7.34. The Bertz CT molecular complexity index is 1510. The van der Waals surface area contributed by atoms with Crippen molar-refractivity contribution in [2.45, 2.75) is 70.5 Å². The van der Waals surface area contributed by atoms with Crippen molar-refractivity contribution in [3.8, 4) is 5.75 Å². The fourth-order valence-electron chi connectivity index (χ4n) is 5.43. The number of nitrogens with zero attached hydrogens (tertiary/aromatic N) is 1. The molecule has 0 aliphatic carbocycles. The van der Waals surface area contributed by atoms with Gasteiger partial charge >= 0.3 is 0 Å². The molecule has 10 heteroatoms. The number of benzene rings is 3. The van der Waals surface area contributed by atoms with Gasteiger partial charge in [0.15, 0.2) is 6.10 Å². The summed E-state index contributed by atoms with van der Waals surface area (Å²) in [5.74, 6) is -1.37. The summed E-state index contributed by atoms with van der Waals surface area (Å²) in [5.41, 5.74) is 4.44. The lowest BCUT2D eigenvalue weighted by Crippen LogP contribution is -2.58. The highest BCUT2D eigenvalue weighted by Crippen LogP contribution is 2.40. The largest absolute Gasteiger partial charge is 0.508 e. The van der Waals surface area contributed by atoms with Crippen molar-refractivity contribution in [2.75, 3.05) is 5.88 Å². The van der Waals surface area contributed by atoms with Gasteiger partial charge in [-0.2, -0.15) is 0 Å². The monoisotopic (exact) mass is 623 g/mol. The van der Waals surface area contributed by atoms with Gasteiger partial charge in [0.1, 0.15) is 11.8 Å². The average Bonchev–Trinajstić information content (AvgIpc) is 3.27. The van der Waals surface area contributed by atoms with Gasteiger partial charge in [0.2, 0.25) is 5.91 Å². The number of hydrogen-bond acceptors (Lipinski definition) is 6. The molecule has 0 unspecified atom stereocenters. The highest BCUT2D eigenvalue weighted by Gasteiger charge is 2.49. The molecule has 8 nitrogen and oxygen atoms in total. The van der Waals surface area contributed by atoms with E-state index in [-0.39, 0.29) is 29.5 Å². The SMILES string of the molecule is Cc1cccc(C)c1CNC(=O)[C@H]1N(C(=O)[C@@H](O)[C@H](Cc2cccc(Cl)c2)NC(=O)c2cccc(O)c2C)CSC1(C)C. The van der Waals surface area contributed by atoms with Gasteiger partial charge in [0.25, 0.3) is 11.8 Å². The van der Waals surface area contributed by atoms with Crippen molar-refractivity contribution in [3.05, 3.63) is 99.1 Å². The predicted molar refractivity (Wildman–Crippen MR) is 170 cm³/mol. The van der Waals surface area contributed by atoms with Crippen LogP contribution in [0.1, 0.15) is 52.0 Å². The molecule has 0 aromatic heterocycles. The molecular formula is C33H38ClN3O5S. The van der Waals surface area contributed by atoms with E-state index in [4.69, 9.17) is 11.6 Å². The van der Waals surface area contributed by atoms with Crippen LogP contribution in [0.5, 0.6) is 5.75 Å². The smallest absolute Gasteiger partial charge is 0.254 e. The van der Waals surface area contributed by atoms with Crippen LogP contribution in [0.2, 0.25) is 5.02 Å². The summed E-state index contributed by atoms with van der Waals surface area (Å²) in [7, 11) is 0. The second-order valence-electron chi connectivity index (χ2n) is 11.5. The second-order valence-corrected chi connectivity index (χ2v) is 13.5. The molecule has 1 aliphatic heterocycles. The standard InChI is InChI=1S/C33H38ClN3O5S/c1-19-9-6-10-20(2)25(19)17-35-31(41)29-33(4,5)43-18-37(29)32(42)28(39)26(16-22-11-7-12-23(34)15-22)36-30(40)24-13-8-14-27(38)21(24)3/h6-15,26,28-29,38-39H,16-18H2,1-5H3,(H,35,41)(H,36,40)/t26-,28-,29+/m0/s1. The van der Waals surface area contributed by atoms with Crippen LogP contribution in [0.25, 0.3) is 0 Å². The predicted octanol–water partition coefficient (Wildman–Crippen LogP) is 4.67. The average molecular weight is 624 g/mol. The molecule has 4 rings (SSSR count). The molecule has 228 valence electrons. The molecular weight excluding hydrogens is 586 g/mol. The lowest BCUT2D eigenvalue weighted by molar-refractivity contribution is -0.147. The maximum atomic E-state index is 13.9. The molecule has 3 amide bonds. The van der Waals surface area contributed by atoms with Crippen molar-refractivity contribution >= 4 is 41.1 Å². The molecule has 0 spiro atoms. The van der Waals surface area contributed by atoms with E-state index in [0.29, 0.717) is 22.7 Å². The first-order valence-electron chi connectivity index (χ1n) is 14.1. The first-order chi connectivity index (χ1) is 20.3. The highest BCUT2D eigenvalue weighted by molar-refractivity contribution is 8.00. The van der Waals surface area contributed by atoms with E-state index >= 15 is 0 Å². The molecule has 3 aromatic carbocycles. The number of thioether (sulfide) groups is 1. The van der Waals surface area contributed by atoms with Gasteiger partial charge in [-0.15, -0.1) is 11.8 Å². The summed E-state index contributed by atoms with van der Waals surface area (Å²) in [6, 6.07) is 15.6. The first-order valence-corrected chi connectivity index (χ1v) is 15.5. The van der Waals surface area contributed by atoms with Crippen molar-refractivity contribution in [1.82, 2.24) is 15.5 Å². The number of aliphatic hydroxyl groups excluding tert-OH is 1. The number of carbonyl (C=O) groups is 3. The van der Waals surface area contributed by atoms with Crippen LogP contribution in [0.15, 0.2) is 60.7 Å². The zero-order chi connectivity index (χ0) is 31.5. The van der Waals surface area contributed by atoms with Crippen LogP contribution in [0, 0.1) is 20.8 Å². The normalized spacial score (nSPS) is 17.3. The van der Waals surface area contributed by atoms with Crippen molar-refractivity contribution in [3.63, 3.8) is 0 Å². The van der Waals surface area contributed by atoms with Gasteiger partial charge in [0, 0.05) is 27.4 Å². The number of aliphatic hydroxyl groups is 1. The number of nitrogens with one attached hydrogen (secondary N) is 2. The third-order valence-corrected chi connectivity index (χ3v) is 9.62. The number of rotatable bonds is 9. The Morgan fingerprint density at radius 3 is 2.37 bits per heavy atom. The maximum absolute atomic E-state index is 13.9. The van der Waals surface area contributed by atoms with E-state index in [9.17, 15) is 24.6 Å². The quantitative estimate of drug-likeness (QED) is 0.275. The van der Waals surface area contributed by atoms with Crippen LogP contribution in [-0.2, 0) is 22.6 Å². The molecule has 1 aliphatic rings. The Kier molecular flexibility index (Phi) is 10.1. The van der Waals surface area contributed by atoms with Gasteiger partial charge in [-0.05, 0) is 87.6 Å². The van der Waals surface area contributed by atoms with Crippen molar-refractivity contribution < 1.29 is 24.6 Å². The summed E-state index contributed by atoms with van der Waals surface area (Å²) in [5, 5.41) is 27.9. The Labute approximate surface area is 261 Å². The molecule has 3 atom stereocenters. The zero-order valence-electron chi connectivity index (χ0n) is 25.0. The van der Waals surface area contributed by atoms with Crippen LogP contribution >= 0.6 is 23.4 Å². The molecule has 3 aromatic rings. The summed E-state index contributed by atoms with van der Waals surface area (Å²) in [6.07, 6.45) is -1.56. The van der Waals surface area contributed by atoms with Gasteiger partial charge in [0.05, 0.1) is 11.9 Å². The minimum atomic E-state index is -1.66. The molecule has 0 radical (unpaired) electrons. The first kappa shape index (κ1) is 32.4. The van der Waals surface area contributed by atoms with Crippen LogP contribution < -0.4 is 10.6 Å². The highest BCUT2D eigenvalue weighted by atomic mass is 35.5. The lowest BCUT2D eigenvalue weighted by Gasteiger charge is -2.33. The summed E-state index contributed by atoms with van der Waals surface area (Å²) < 4.78 is -0.620. The Morgan fingerprint density at radius 2 is 1.70 bits per heavy atom. The van der Waals surface area contributed by atoms with Crippen molar-refractivity contribution in [1.29, 1.82) is 0 Å². The number of phenolic OH excluding ortho intramolecular Hbond substituents is 1. The van der Waals surface area contributed by atoms with E-state index in [1.807, 2.05) is 45.9 Å². The molecule has 1 saturated heterocycles. The Morgan fingerprint density at radius 1 is 1.05 bits per heavy atom. The molecule has 43 heavy (non-hydrogen) atoms. The summed E-state index contributed by atoms with van der Waals surface area (Å²) >= 11 is 7.64. The van der Waals surface area contributed by atoms with Gasteiger partial charge in [-0.3, -0.25) is 14.4 Å². The Balaban J connectivity index is 1.58. The minimum absolute atomic E-state index is 0.0401. The fraction of sp³-hybridized carbons (Fsp3) is 0.364. The number of phenols is 1. The number of halogens is 1. The number of hydrogen-bond donors (Lipinski definition) is 4. The molecule has 0 saturated carbocycles. The summed E-state index contributed by atoms with van der Waals surface area (Å²) in [6.45, 7) is 9.71. The van der Waals surface area contributed by atoms with E-state index in [1.165, 1.54) is 22.7 Å². The van der Waals surface area contributed by atoms with Crippen LogP contribution in [-0.4, -0.2) is 61.6 Å². The van der Waals surface area contributed by atoms with Crippen LogP contribution in [0.3, 0.4) is 0 Å². The van der Waals surface area contributed by atoms with Gasteiger partial charge in [-0.25, -0.2) is 0 Å². The number of aryl methyl sites for hydroxylation is 2. The van der Waals surface area contributed by atoms with Gasteiger partial charge in [-0.1, -0.05) is 48.0 Å².